The van der Waals surface area contributed by atoms with Gasteiger partial charge in [-0.15, -0.1) is 11.3 Å². The van der Waals surface area contributed by atoms with E-state index in [9.17, 15) is 4.79 Å². The fraction of sp³-hybridized carbons (Fsp3) is 0.579. The first-order chi connectivity index (χ1) is 12.1. The van der Waals surface area contributed by atoms with Crippen LogP contribution in [0.25, 0.3) is 10.6 Å². The second kappa shape index (κ2) is 6.83. The summed E-state index contributed by atoms with van der Waals surface area (Å²) < 4.78 is 0. The molecule has 4 rings (SSSR count). The van der Waals surface area contributed by atoms with E-state index < -0.39 is 0 Å². The van der Waals surface area contributed by atoms with E-state index in [1.807, 2.05) is 12.3 Å². The highest BCUT2D eigenvalue weighted by Crippen LogP contribution is 2.43. The minimum Gasteiger partial charge on any atom is -0.374 e. The minimum atomic E-state index is 0.0745. The van der Waals surface area contributed by atoms with Crippen LogP contribution in [0.3, 0.4) is 0 Å². The second-order valence-electron chi connectivity index (χ2n) is 7.70. The predicted molar refractivity (Wildman–Crippen MR) is 102 cm³/mol. The Kier molecular flexibility index (Phi) is 4.54. The quantitative estimate of drug-likeness (QED) is 0.750. The summed E-state index contributed by atoms with van der Waals surface area (Å²) in [6.07, 6.45) is 8.70. The van der Waals surface area contributed by atoms with E-state index in [0.29, 0.717) is 12.0 Å². The average Bonchev–Trinajstić information content (AvgIpc) is 3.27. The molecule has 1 unspecified atom stereocenters. The van der Waals surface area contributed by atoms with Gasteiger partial charge in [-0.2, -0.15) is 5.10 Å². The molecular weight excluding hydrogens is 332 g/mol. The van der Waals surface area contributed by atoms with E-state index in [2.05, 4.69) is 34.7 Å². The zero-order valence-electron chi connectivity index (χ0n) is 14.9. The zero-order chi connectivity index (χ0) is 17.4. The van der Waals surface area contributed by atoms with Gasteiger partial charge < -0.3 is 10.6 Å². The standard InChI is InChI=1S/C19H26N4OS/c1-11(2)9-13-10-14-16(18(24)21-13)19(22-12-5-3-4-6-12)25-17(14)15-7-8-20-23-15/h7-8,11-13,22H,3-6,9-10H2,1-2H3,(H,20,23)(H,21,24). The molecule has 5 nitrogen and oxygen atoms in total. The number of H-pyrrole nitrogens is 1. The molecule has 1 atom stereocenters. The lowest BCUT2D eigenvalue weighted by molar-refractivity contribution is 0.0921. The van der Waals surface area contributed by atoms with E-state index in [-0.39, 0.29) is 11.9 Å². The Balaban J connectivity index is 1.71. The number of aromatic amines is 1. The van der Waals surface area contributed by atoms with Crippen LogP contribution in [0, 0.1) is 5.92 Å². The van der Waals surface area contributed by atoms with Gasteiger partial charge in [0.05, 0.1) is 10.4 Å². The number of hydrogen-bond donors (Lipinski definition) is 3. The minimum absolute atomic E-state index is 0.0745. The van der Waals surface area contributed by atoms with Crippen molar-refractivity contribution in [1.82, 2.24) is 15.5 Å². The van der Waals surface area contributed by atoms with Crippen molar-refractivity contribution in [3.8, 4) is 10.6 Å². The van der Waals surface area contributed by atoms with Gasteiger partial charge in [0.15, 0.2) is 0 Å². The molecule has 6 heteroatoms. The highest BCUT2D eigenvalue weighted by atomic mass is 32.1. The van der Waals surface area contributed by atoms with Crippen LogP contribution in [0.5, 0.6) is 0 Å². The fourth-order valence-electron chi connectivity index (χ4n) is 4.12. The van der Waals surface area contributed by atoms with Crippen molar-refractivity contribution in [3.05, 3.63) is 23.4 Å². The summed E-state index contributed by atoms with van der Waals surface area (Å²) in [7, 11) is 0. The number of nitrogens with zero attached hydrogens (tertiary/aromatic N) is 1. The first-order valence-electron chi connectivity index (χ1n) is 9.35. The molecule has 134 valence electrons. The van der Waals surface area contributed by atoms with Crippen LogP contribution in [0.15, 0.2) is 12.3 Å². The largest absolute Gasteiger partial charge is 0.374 e. The fourth-order valence-corrected chi connectivity index (χ4v) is 5.39. The third-order valence-electron chi connectivity index (χ3n) is 5.20. The number of aromatic nitrogens is 2. The predicted octanol–water partition coefficient (Wildman–Crippen LogP) is 4.19. The Morgan fingerprint density at radius 3 is 2.84 bits per heavy atom. The first kappa shape index (κ1) is 16.6. The summed E-state index contributed by atoms with van der Waals surface area (Å²) in [5.74, 6) is 0.640. The maximum Gasteiger partial charge on any atom is 0.254 e. The van der Waals surface area contributed by atoms with Crippen LogP contribution in [-0.4, -0.2) is 28.2 Å². The molecule has 0 saturated heterocycles. The van der Waals surface area contributed by atoms with Crippen LogP contribution in [0.1, 0.15) is 61.9 Å². The lowest BCUT2D eigenvalue weighted by Gasteiger charge is -2.26. The molecule has 2 aliphatic rings. The third-order valence-corrected chi connectivity index (χ3v) is 6.39. The summed E-state index contributed by atoms with van der Waals surface area (Å²) in [5, 5.41) is 15.2. The Labute approximate surface area is 152 Å². The van der Waals surface area contributed by atoms with Crippen LogP contribution < -0.4 is 10.6 Å². The summed E-state index contributed by atoms with van der Waals surface area (Å²) >= 11 is 1.69. The molecule has 1 saturated carbocycles. The van der Waals surface area contributed by atoms with Gasteiger partial charge in [0.25, 0.3) is 5.91 Å². The Bertz CT molecular complexity index is 744. The molecule has 25 heavy (non-hydrogen) atoms. The van der Waals surface area contributed by atoms with Crippen molar-refractivity contribution in [2.24, 2.45) is 5.92 Å². The smallest absolute Gasteiger partial charge is 0.254 e. The topological polar surface area (TPSA) is 69.8 Å². The number of nitrogens with one attached hydrogen (secondary N) is 3. The first-order valence-corrected chi connectivity index (χ1v) is 10.2. The number of amides is 1. The van der Waals surface area contributed by atoms with Crippen molar-refractivity contribution in [2.45, 2.75) is 64.5 Å². The van der Waals surface area contributed by atoms with E-state index in [1.165, 1.54) is 31.2 Å². The Hall–Kier alpha value is -1.82. The monoisotopic (exact) mass is 358 g/mol. The molecule has 2 aromatic rings. The summed E-state index contributed by atoms with van der Waals surface area (Å²) in [6.45, 7) is 4.41. The number of anilines is 1. The van der Waals surface area contributed by atoms with Crippen LogP contribution in [0.2, 0.25) is 0 Å². The van der Waals surface area contributed by atoms with E-state index in [1.54, 1.807) is 11.3 Å². The molecule has 2 aromatic heterocycles. The second-order valence-corrected chi connectivity index (χ2v) is 8.72. The maximum absolute atomic E-state index is 12.9. The van der Waals surface area contributed by atoms with Gasteiger partial charge >= 0.3 is 0 Å². The molecule has 1 aliphatic heterocycles. The number of carbonyl (C=O) groups is 1. The van der Waals surface area contributed by atoms with E-state index in [0.717, 1.165) is 34.0 Å². The molecule has 1 aliphatic carbocycles. The highest BCUT2D eigenvalue weighted by Gasteiger charge is 2.33. The number of carbonyl (C=O) groups excluding carboxylic acids is 1. The van der Waals surface area contributed by atoms with Crippen molar-refractivity contribution >= 4 is 22.2 Å². The van der Waals surface area contributed by atoms with E-state index in [4.69, 9.17) is 0 Å². The van der Waals surface area contributed by atoms with Crippen molar-refractivity contribution < 1.29 is 4.79 Å². The number of hydrogen-bond acceptors (Lipinski definition) is 4. The number of fused-ring (bicyclic) bond motifs is 1. The van der Waals surface area contributed by atoms with Crippen LogP contribution >= 0.6 is 11.3 Å². The lowest BCUT2D eigenvalue weighted by Crippen LogP contribution is -2.42. The summed E-state index contributed by atoms with van der Waals surface area (Å²) in [6, 6.07) is 2.71. The SMILES string of the molecule is CC(C)CC1Cc2c(-c3cc[nH]n3)sc(NC3CCCC3)c2C(=O)N1. The summed E-state index contributed by atoms with van der Waals surface area (Å²) in [5.41, 5.74) is 2.97. The lowest BCUT2D eigenvalue weighted by atomic mass is 9.91. The van der Waals surface area contributed by atoms with Gasteiger partial charge in [0, 0.05) is 18.3 Å². The number of thiophene rings is 1. The number of rotatable bonds is 5. The zero-order valence-corrected chi connectivity index (χ0v) is 15.7. The molecule has 3 N–H and O–H groups in total. The van der Waals surface area contributed by atoms with Crippen molar-refractivity contribution in [2.75, 3.05) is 5.32 Å². The molecule has 1 amide bonds. The van der Waals surface area contributed by atoms with E-state index >= 15 is 0 Å². The van der Waals surface area contributed by atoms with Gasteiger partial charge in [-0.25, -0.2) is 0 Å². The molecule has 0 bridgehead atoms. The molecular formula is C19H26N4OS. The van der Waals surface area contributed by atoms with Gasteiger partial charge in [-0.1, -0.05) is 26.7 Å². The van der Waals surface area contributed by atoms with Gasteiger partial charge in [-0.05, 0) is 43.2 Å². The maximum atomic E-state index is 12.9. The molecule has 0 radical (unpaired) electrons. The summed E-state index contributed by atoms with van der Waals surface area (Å²) in [4.78, 5) is 14.0. The van der Waals surface area contributed by atoms with Gasteiger partial charge in [0.2, 0.25) is 0 Å². The molecule has 0 aromatic carbocycles. The van der Waals surface area contributed by atoms with Gasteiger partial charge in [-0.3, -0.25) is 9.89 Å². The van der Waals surface area contributed by atoms with Crippen LogP contribution in [-0.2, 0) is 6.42 Å². The third kappa shape index (κ3) is 3.32. The van der Waals surface area contributed by atoms with Gasteiger partial charge in [0.1, 0.15) is 10.7 Å². The Morgan fingerprint density at radius 2 is 2.16 bits per heavy atom. The average molecular weight is 359 g/mol. The molecule has 1 fully saturated rings. The van der Waals surface area contributed by atoms with Crippen molar-refractivity contribution in [3.63, 3.8) is 0 Å². The highest BCUT2D eigenvalue weighted by molar-refractivity contribution is 7.20. The molecule has 0 spiro atoms. The Morgan fingerprint density at radius 1 is 1.36 bits per heavy atom. The molecule has 3 heterocycles. The van der Waals surface area contributed by atoms with Crippen molar-refractivity contribution in [1.29, 1.82) is 0 Å². The van der Waals surface area contributed by atoms with Crippen LogP contribution in [0.4, 0.5) is 5.00 Å². The normalized spacial score (nSPS) is 20.8.